The van der Waals surface area contributed by atoms with Gasteiger partial charge in [0, 0.05) is 23.5 Å². The number of hydrogen-bond acceptors (Lipinski definition) is 14. The van der Waals surface area contributed by atoms with Crippen LogP contribution in [0.25, 0.3) is 0 Å². The van der Waals surface area contributed by atoms with Crippen molar-refractivity contribution in [3.63, 3.8) is 0 Å². The Kier molecular flexibility index (Phi) is 9.39. The van der Waals surface area contributed by atoms with Crippen molar-refractivity contribution in [3.8, 4) is 5.75 Å². The standard InChI is InChI=1S/C24H30N8O10S2/c1-11-16(29-23(26)43-11)17(20(33)30-18-21(34)32(24(18,2)3)42-44(37,38)39)31-41-15(22(35)36)10-40-14-6-4-12(5-7-14)19(25)28-13-8-27-9-13/h4-7,13,15,18,27H,8-10H2,1-3H3,(H2,25,28)(H2,26,29)(H,30,33)(H,35,36)(H,37,38,39)/b31-17-/t15?,18-/m1/s1. The number of carbonyl (C=O) groups excluding carboxylic acids is 2. The van der Waals surface area contributed by atoms with Gasteiger partial charge in [-0.1, -0.05) is 5.16 Å². The Morgan fingerprint density at radius 2 is 1.95 bits per heavy atom. The van der Waals surface area contributed by atoms with Crippen LogP contribution >= 0.6 is 11.3 Å². The second kappa shape index (κ2) is 12.7. The Labute approximate surface area is 255 Å². The number of rotatable bonds is 13. The number of thiazole rings is 1. The highest BCUT2D eigenvalue weighted by molar-refractivity contribution is 7.80. The number of benzene rings is 1. The predicted molar refractivity (Wildman–Crippen MR) is 154 cm³/mol. The largest absolute Gasteiger partial charge is 0.489 e. The average molecular weight is 655 g/mol. The number of ether oxygens (including phenoxy) is 1. The van der Waals surface area contributed by atoms with Crippen molar-refractivity contribution >= 4 is 56.2 Å². The highest BCUT2D eigenvalue weighted by Gasteiger charge is 2.58. The Hall–Kier alpha value is -4.37. The molecule has 0 saturated carbocycles. The van der Waals surface area contributed by atoms with E-state index >= 15 is 0 Å². The zero-order valence-electron chi connectivity index (χ0n) is 23.6. The fourth-order valence-electron chi connectivity index (χ4n) is 4.08. The predicted octanol–water partition coefficient (Wildman–Crippen LogP) is -0.987. The lowest BCUT2D eigenvalue weighted by atomic mass is 9.84. The van der Waals surface area contributed by atoms with E-state index in [9.17, 15) is 27.9 Å². The zero-order valence-corrected chi connectivity index (χ0v) is 25.2. The minimum absolute atomic E-state index is 0.0463. The maximum atomic E-state index is 13.3. The van der Waals surface area contributed by atoms with Gasteiger partial charge in [0.15, 0.2) is 10.8 Å². The summed E-state index contributed by atoms with van der Waals surface area (Å²) in [5.74, 6) is -2.96. The van der Waals surface area contributed by atoms with Crippen LogP contribution in [0, 0.1) is 12.3 Å². The first kappa shape index (κ1) is 32.5. The molecule has 1 aromatic carbocycles. The van der Waals surface area contributed by atoms with E-state index < -0.39 is 58.2 Å². The number of amidine groups is 1. The van der Waals surface area contributed by atoms with Gasteiger partial charge in [-0.15, -0.1) is 15.6 Å². The lowest BCUT2D eigenvalue weighted by Gasteiger charge is -2.50. The third kappa shape index (κ3) is 7.39. The summed E-state index contributed by atoms with van der Waals surface area (Å²) in [6.45, 7) is 5.31. The molecule has 2 saturated heterocycles. The molecule has 2 aliphatic rings. The number of carboxylic acids is 1. The fraction of sp³-hybridized carbons (Fsp3) is 0.417. The fourth-order valence-corrected chi connectivity index (χ4v) is 5.22. The van der Waals surface area contributed by atoms with Crippen LogP contribution in [-0.2, 0) is 33.9 Å². The number of amides is 2. The Balaban J connectivity index is 1.46. The van der Waals surface area contributed by atoms with Gasteiger partial charge >= 0.3 is 16.4 Å². The number of carboxylic acid groups (broad SMARTS) is 1. The molecule has 18 nitrogen and oxygen atoms in total. The molecule has 238 valence electrons. The molecular formula is C24H30N8O10S2. The van der Waals surface area contributed by atoms with Gasteiger partial charge < -0.3 is 36.4 Å². The molecule has 44 heavy (non-hydrogen) atoms. The number of aryl methyl sites for hydroxylation is 1. The van der Waals surface area contributed by atoms with Crippen LogP contribution in [0.15, 0.2) is 29.4 Å². The van der Waals surface area contributed by atoms with Crippen molar-refractivity contribution in [3.05, 3.63) is 40.4 Å². The molecule has 2 aromatic rings. The highest BCUT2D eigenvalue weighted by Crippen LogP contribution is 2.33. The van der Waals surface area contributed by atoms with E-state index in [1.807, 2.05) is 0 Å². The average Bonchev–Trinajstić information content (AvgIpc) is 3.26. The number of nitrogens with zero attached hydrogens (tertiary/aromatic N) is 3. The Morgan fingerprint density at radius 3 is 2.45 bits per heavy atom. The molecule has 3 heterocycles. The number of aromatic nitrogens is 1. The summed E-state index contributed by atoms with van der Waals surface area (Å²) in [5, 5.41) is 30.6. The van der Waals surface area contributed by atoms with Crippen LogP contribution < -0.4 is 26.4 Å². The van der Waals surface area contributed by atoms with Gasteiger partial charge in [-0.3, -0.25) is 19.6 Å². The quantitative estimate of drug-likeness (QED) is 0.0450. The van der Waals surface area contributed by atoms with Gasteiger partial charge in [0.1, 0.15) is 29.9 Å². The number of nitrogens with one attached hydrogen (secondary N) is 4. The maximum absolute atomic E-state index is 13.3. The molecule has 1 aromatic heterocycles. The zero-order chi connectivity index (χ0) is 32.4. The van der Waals surface area contributed by atoms with E-state index in [2.05, 4.69) is 30.4 Å². The molecule has 2 aliphatic heterocycles. The summed E-state index contributed by atoms with van der Waals surface area (Å²) in [6, 6.07) is 5.22. The molecule has 8 N–H and O–H groups in total. The number of nitrogens with two attached hydrogens (primary N) is 1. The molecule has 2 fully saturated rings. The number of carbonyl (C=O) groups is 3. The van der Waals surface area contributed by atoms with Crippen molar-refractivity contribution in [1.29, 1.82) is 5.41 Å². The number of hydrogen-bond donors (Lipinski definition) is 7. The molecule has 0 bridgehead atoms. The summed E-state index contributed by atoms with van der Waals surface area (Å²) in [5.41, 5.74) is 4.38. The number of nitrogen functional groups attached to an aromatic ring is 1. The monoisotopic (exact) mass is 654 g/mol. The van der Waals surface area contributed by atoms with E-state index in [4.69, 9.17) is 25.3 Å². The number of aliphatic carboxylic acids is 1. The van der Waals surface area contributed by atoms with Crippen molar-refractivity contribution in [2.75, 3.05) is 25.4 Å². The minimum atomic E-state index is -5.02. The molecule has 1 unspecified atom stereocenters. The van der Waals surface area contributed by atoms with Gasteiger partial charge in [0.25, 0.3) is 17.9 Å². The molecular weight excluding hydrogens is 624 g/mol. The van der Waals surface area contributed by atoms with Gasteiger partial charge in [0.05, 0.1) is 11.6 Å². The molecule has 0 radical (unpaired) electrons. The second-order valence-corrected chi connectivity index (χ2v) is 12.5. The molecule has 4 rings (SSSR count). The van der Waals surface area contributed by atoms with E-state index in [1.54, 1.807) is 31.2 Å². The topological polar surface area (TPSA) is 268 Å². The Bertz CT molecular complexity index is 1590. The van der Waals surface area contributed by atoms with Gasteiger partial charge in [-0.05, 0) is 45.0 Å². The maximum Gasteiger partial charge on any atom is 0.418 e. The summed E-state index contributed by atoms with van der Waals surface area (Å²) in [4.78, 5) is 47.4. The lowest BCUT2D eigenvalue weighted by molar-refractivity contribution is -0.218. The van der Waals surface area contributed by atoms with Crippen LogP contribution in [0.3, 0.4) is 0 Å². The molecule has 0 spiro atoms. The second-order valence-electron chi connectivity index (χ2n) is 10.2. The summed E-state index contributed by atoms with van der Waals surface area (Å²) in [7, 11) is -5.02. The van der Waals surface area contributed by atoms with Crippen LogP contribution in [0.2, 0.25) is 0 Å². The van der Waals surface area contributed by atoms with Gasteiger partial charge in [-0.25, -0.2) is 9.78 Å². The number of β-lactam (4-membered cyclic amide) rings is 1. The van der Waals surface area contributed by atoms with Gasteiger partial charge in [-0.2, -0.15) is 13.5 Å². The molecule has 0 aliphatic carbocycles. The summed E-state index contributed by atoms with van der Waals surface area (Å²) >= 11 is 1.02. The summed E-state index contributed by atoms with van der Waals surface area (Å²) in [6.07, 6.45) is -1.69. The van der Waals surface area contributed by atoms with Crippen LogP contribution in [-0.4, -0.2) is 101 Å². The lowest BCUT2D eigenvalue weighted by Crippen LogP contribution is -2.76. The van der Waals surface area contributed by atoms with Crippen molar-refractivity contribution in [1.82, 2.24) is 26.0 Å². The smallest absolute Gasteiger partial charge is 0.418 e. The van der Waals surface area contributed by atoms with Gasteiger partial charge in [0.2, 0.25) is 0 Å². The van der Waals surface area contributed by atoms with Crippen LogP contribution in [0.5, 0.6) is 5.75 Å². The molecule has 20 heteroatoms. The van der Waals surface area contributed by atoms with E-state index in [1.165, 1.54) is 13.8 Å². The SMILES string of the molecule is Cc1sc(N)nc1/C(=N/OC(COc1ccc(C(=N)NC2CNC2)cc1)C(=O)O)C(=O)N[C@@H]1C(=O)N(OS(=O)(=O)O)C1(C)C. The third-order valence-electron chi connectivity index (χ3n) is 6.59. The first-order valence-corrected chi connectivity index (χ1v) is 15.1. The number of hydroxylamine groups is 2. The molecule has 2 amide bonds. The normalized spacial score (nSPS) is 18.9. The van der Waals surface area contributed by atoms with E-state index in [0.717, 1.165) is 24.4 Å². The minimum Gasteiger partial charge on any atom is -0.489 e. The highest BCUT2D eigenvalue weighted by atomic mass is 32.3. The number of anilines is 1. The van der Waals surface area contributed by atoms with Crippen LogP contribution in [0.4, 0.5) is 5.13 Å². The van der Waals surface area contributed by atoms with Crippen molar-refractivity contribution < 1.29 is 46.3 Å². The number of oxime groups is 1. The third-order valence-corrected chi connectivity index (χ3v) is 7.73. The van der Waals surface area contributed by atoms with Crippen LogP contribution in [0.1, 0.15) is 30.0 Å². The Morgan fingerprint density at radius 1 is 1.30 bits per heavy atom. The van der Waals surface area contributed by atoms with Crippen molar-refractivity contribution in [2.45, 2.75) is 44.5 Å². The van der Waals surface area contributed by atoms with Crippen molar-refractivity contribution in [2.24, 2.45) is 5.16 Å². The van der Waals surface area contributed by atoms with E-state index in [0.29, 0.717) is 15.5 Å². The van der Waals surface area contributed by atoms with E-state index in [-0.39, 0.29) is 28.5 Å². The summed E-state index contributed by atoms with van der Waals surface area (Å²) < 4.78 is 40.9. The molecule has 2 atom stereocenters. The first-order chi connectivity index (χ1) is 20.6. The first-order valence-electron chi connectivity index (χ1n) is 12.9.